The maximum atomic E-state index is 13.1. The Morgan fingerprint density at radius 3 is 2.58 bits per heavy atom. The molecule has 0 spiro atoms. The fourth-order valence-electron chi connectivity index (χ4n) is 4.81. The van der Waals surface area contributed by atoms with Gasteiger partial charge in [0.1, 0.15) is 10.8 Å². The molecule has 1 amide bonds. The summed E-state index contributed by atoms with van der Waals surface area (Å²) in [4.78, 5) is 14.2. The van der Waals surface area contributed by atoms with Gasteiger partial charge in [0.25, 0.3) is 0 Å². The number of carbonyl (C=O) groups excluding carboxylic acids is 1. The van der Waals surface area contributed by atoms with Crippen LogP contribution in [0.1, 0.15) is 44.3 Å². The number of hydrogen-bond donors (Lipinski definition) is 2. The second-order valence-electron chi connectivity index (χ2n) is 9.28. The summed E-state index contributed by atoms with van der Waals surface area (Å²) in [5.74, 6) is 1.01. The smallest absolute Gasteiger partial charge is 0.352 e. The minimum atomic E-state index is -4.39. The van der Waals surface area contributed by atoms with Crippen molar-refractivity contribution in [2.75, 3.05) is 0 Å². The normalized spacial score (nSPS) is 15.1. The molecule has 0 radical (unpaired) electrons. The van der Waals surface area contributed by atoms with E-state index in [2.05, 4.69) is 15.5 Å². The molecule has 0 unspecified atom stereocenters. The quantitative estimate of drug-likeness (QED) is 0.318. The molecule has 4 aromatic rings. The molecule has 2 heterocycles. The van der Waals surface area contributed by atoms with Crippen molar-refractivity contribution in [3.05, 3.63) is 97.9 Å². The van der Waals surface area contributed by atoms with Gasteiger partial charge in [-0.1, -0.05) is 41.9 Å². The van der Waals surface area contributed by atoms with Gasteiger partial charge in [0.15, 0.2) is 5.82 Å². The molecule has 0 saturated heterocycles. The van der Waals surface area contributed by atoms with E-state index in [-0.39, 0.29) is 24.9 Å². The summed E-state index contributed by atoms with van der Waals surface area (Å²) in [5, 5.41) is 13.0. The topological polar surface area (TPSA) is 85.8 Å². The average Bonchev–Trinajstić information content (AvgIpc) is 3.56. The number of amides is 1. The maximum Gasteiger partial charge on any atom is 0.416 e. The molecular weight excluding hydrogens is 535 g/mol. The highest BCUT2D eigenvalue weighted by molar-refractivity contribution is 7.15. The number of aromatic nitrogens is 3. The average molecular weight is 560 g/mol. The van der Waals surface area contributed by atoms with Gasteiger partial charge in [-0.05, 0) is 60.2 Å². The summed E-state index contributed by atoms with van der Waals surface area (Å²) in [6.45, 7) is 2.29. The number of nitrogens with one attached hydrogen (secondary N) is 1. The molecule has 1 aliphatic rings. The Morgan fingerprint density at radius 2 is 1.89 bits per heavy atom. The summed E-state index contributed by atoms with van der Waals surface area (Å²) in [6, 6.07) is 12.5. The van der Waals surface area contributed by atoms with Crippen LogP contribution < -0.4 is 11.1 Å². The van der Waals surface area contributed by atoms with Gasteiger partial charge in [0.2, 0.25) is 5.91 Å². The number of halogens is 4. The van der Waals surface area contributed by atoms with Gasteiger partial charge in [0.05, 0.1) is 12.1 Å². The molecule has 5 rings (SSSR count). The first kappa shape index (κ1) is 26.4. The monoisotopic (exact) mass is 559 g/mol. The SMILES string of the molecule is Cc1nnc(CN)n1-c1sc2c(c1Cc1ccccc1Cl)C[C@H](C(=O)NCc1ccc(C(F)(F)F)cc1)C2. The highest BCUT2D eigenvalue weighted by Crippen LogP contribution is 2.42. The highest BCUT2D eigenvalue weighted by Gasteiger charge is 2.34. The van der Waals surface area contributed by atoms with Crippen LogP contribution in [0.25, 0.3) is 5.00 Å². The number of alkyl halides is 3. The lowest BCUT2D eigenvalue weighted by atomic mass is 9.99. The number of aryl methyl sites for hydroxylation is 1. The first-order valence-electron chi connectivity index (χ1n) is 12.1. The Hall–Kier alpha value is -3.21. The van der Waals surface area contributed by atoms with E-state index in [1.165, 1.54) is 12.1 Å². The van der Waals surface area contributed by atoms with Crippen molar-refractivity contribution in [2.24, 2.45) is 11.7 Å². The number of fused-ring (bicyclic) bond motifs is 1. The van der Waals surface area contributed by atoms with Crippen LogP contribution in [0.15, 0.2) is 48.5 Å². The minimum Gasteiger partial charge on any atom is -0.352 e. The summed E-state index contributed by atoms with van der Waals surface area (Å²) in [7, 11) is 0. The van der Waals surface area contributed by atoms with E-state index in [1.807, 2.05) is 35.8 Å². The lowest BCUT2D eigenvalue weighted by Gasteiger charge is -2.14. The third-order valence-corrected chi connectivity index (χ3v) is 8.43. The number of benzene rings is 2. The van der Waals surface area contributed by atoms with Crippen molar-refractivity contribution in [1.29, 1.82) is 0 Å². The number of carbonyl (C=O) groups is 1. The zero-order valence-corrected chi connectivity index (χ0v) is 22.1. The Morgan fingerprint density at radius 1 is 1.16 bits per heavy atom. The van der Waals surface area contributed by atoms with Crippen LogP contribution >= 0.6 is 22.9 Å². The molecule has 0 saturated carbocycles. The van der Waals surface area contributed by atoms with Gasteiger partial charge in [-0.3, -0.25) is 9.36 Å². The predicted octanol–water partition coefficient (Wildman–Crippen LogP) is 5.39. The number of thiophene rings is 1. The van der Waals surface area contributed by atoms with Crippen LogP contribution in [-0.2, 0) is 43.3 Å². The van der Waals surface area contributed by atoms with Gasteiger partial charge >= 0.3 is 6.18 Å². The van der Waals surface area contributed by atoms with Crippen molar-refractivity contribution in [3.63, 3.8) is 0 Å². The van der Waals surface area contributed by atoms with E-state index in [4.69, 9.17) is 17.3 Å². The zero-order chi connectivity index (χ0) is 27.0. The van der Waals surface area contributed by atoms with Gasteiger partial charge < -0.3 is 11.1 Å². The van der Waals surface area contributed by atoms with E-state index in [1.54, 1.807) is 11.3 Å². The molecule has 2 aromatic carbocycles. The number of nitrogens with zero attached hydrogens (tertiary/aromatic N) is 3. The van der Waals surface area contributed by atoms with Crippen LogP contribution in [-0.4, -0.2) is 20.7 Å². The lowest BCUT2D eigenvalue weighted by molar-refractivity contribution is -0.137. The van der Waals surface area contributed by atoms with Crippen molar-refractivity contribution in [3.8, 4) is 5.00 Å². The van der Waals surface area contributed by atoms with Crippen molar-refractivity contribution in [2.45, 2.75) is 45.5 Å². The van der Waals surface area contributed by atoms with Crippen LogP contribution in [0.4, 0.5) is 13.2 Å². The Balaban J connectivity index is 1.37. The van der Waals surface area contributed by atoms with Crippen molar-refractivity contribution in [1.82, 2.24) is 20.1 Å². The van der Waals surface area contributed by atoms with E-state index in [9.17, 15) is 18.0 Å². The van der Waals surface area contributed by atoms with E-state index < -0.39 is 11.7 Å². The summed E-state index contributed by atoms with van der Waals surface area (Å²) < 4.78 is 40.4. The molecule has 6 nitrogen and oxygen atoms in total. The fraction of sp³-hybridized carbons (Fsp3) is 0.296. The molecular formula is C27H25ClF3N5OS. The van der Waals surface area contributed by atoms with Gasteiger partial charge in [-0.25, -0.2) is 0 Å². The van der Waals surface area contributed by atoms with Gasteiger partial charge in [-0.15, -0.1) is 21.5 Å². The van der Waals surface area contributed by atoms with Gasteiger partial charge in [0, 0.05) is 28.8 Å². The molecule has 3 N–H and O–H groups in total. The Labute approximate surface area is 226 Å². The minimum absolute atomic E-state index is 0.123. The van der Waals surface area contributed by atoms with E-state index >= 15 is 0 Å². The van der Waals surface area contributed by atoms with Crippen LogP contribution in [0, 0.1) is 12.8 Å². The molecule has 198 valence electrons. The molecule has 38 heavy (non-hydrogen) atoms. The van der Waals surface area contributed by atoms with E-state index in [0.717, 1.165) is 44.5 Å². The molecule has 0 fully saturated rings. The third kappa shape index (κ3) is 5.21. The second kappa shape index (κ2) is 10.5. The summed E-state index contributed by atoms with van der Waals surface area (Å²) >= 11 is 8.11. The fourth-order valence-corrected chi connectivity index (χ4v) is 6.51. The van der Waals surface area contributed by atoms with Crippen molar-refractivity contribution < 1.29 is 18.0 Å². The molecule has 11 heteroatoms. The number of hydrogen-bond acceptors (Lipinski definition) is 5. The Bertz CT molecular complexity index is 1480. The molecule has 0 aliphatic heterocycles. The van der Waals surface area contributed by atoms with Gasteiger partial charge in [-0.2, -0.15) is 13.2 Å². The van der Waals surface area contributed by atoms with Crippen LogP contribution in [0.3, 0.4) is 0 Å². The second-order valence-corrected chi connectivity index (χ2v) is 10.8. The Kier molecular flexibility index (Phi) is 7.30. The largest absolute Gasteiger partial charge is 0.416 e. The van der Waals surface area contributed by atoms with E-state index in [0.29, 0.717) is 35.7 Å². The van der Waals surface area contributed by atoms with Crippen LogP contribution in [0.5, 0.6) is 0 Å². The lowest BCUT2D eigenvalue weighted by Crippen LogP contribution is -2.30. The number of nitrogens with two attached hydrogens (primary N) is 1. The molecule has 1 atom stereocenters. The first-order valence-corrected chi connectivity index (χ1v) is 13.3. The summed E-state index contributed by atoms with van der Waals surface area (Å²) in [6.07, 6.45) is -2.67. The zero-order valence-electron chi connectivity index (χ0n) is 20.5. The standard InChI is InChI=1S/C27H25ClF3N5OS/c1-15-34-35-24(13-32)36(15)26-21(10-17-4-2-3-5-22(17)28)20-11-18(12-23(20)38-26)25(37)33-14-16-6-8-19(9-7-16)27(29,30)31/h2-9,18H,10-14,32H2,1H3,(H,33,37)/t18-/m0/s1. The predicted molar refractivity (Wildman–Crippen MR) is 140 cm³/mol. The highest BCUT2D eigenvalue weighted by atomic mass is 35.5. The summed E-state index contributed by atoms with van der Waals surface area (Å²) in [5.41, 5.74) is 9.02. The number of rotatable bonds is 7. The van der Waals surface area contributed by atoms with Crippen molar-refractivity contribution >= 4 is 28.8 Å². The molecule has 0 bridgehead atoms. The first-order chi connectivity index (χ1) is 18.2. The molecule has 2 aromatic heterocycles. The van der Waals surface area contributed by atoms with Crippen LogP contribution in [0.2, 0.25) is 5.02 Å². The third-order valence-electron chi connectivity index (χ3n) is 6.78. The molecule has 1 aliphatic carbocycles. The maximum absolute atomic E-state index is 13.1.